The van der Waals surface area contributed by atoms with Crippen LogP contribution in [0.1, 0.15) is 19.3 Å². The van der Waals surface area contributed by atoms with Crippen LogP contribution < -0.4 is 0 Å². The number of para-hydroxylation sites is 1. The maximum absolute atomic E-state index is 14.6. The molecule has 1 fully saturated rings. The fraction of sp³-hybridized carbons (Fsp3) is 0.300. The number of hydrogen-bond acceptors (Lipinski definition) is 4. The standard InChI is InChI=1S/C20H19ClFN3OS/c21-16-9-2-1-8-15(16)19-23-24-20(27-13-14-7-5-6-12-26-14)25(19)18-11-4-3-10-17(18)22/h1-4,8-11,14H,5-7,12-13H2/t14-/m1/s1. The SMILES string of the molecule is Fc1ccccc1-n1c(SC[C@H]2CCCCO2)nnc1-c1ccccc1Cl. The van der Waals surface area contributed by atoms with Gasteiger partial charge in [-0.25, -0.2) is 4.39 Å². The minimum absolute atomic E-state index is 0.193. The molecule has 1 aromatic heterocycles. The molecule has 3 aromatic rings. The molecule has 1 atom stereocenters. The van der Waals surface area contributed by atoms with Crippen LogP contribution in [-0.4, -0.2) is 33.2 Å². The van der Waals surface area contributed by atoms with Crippen molar-refractivity contribution in [3.8, 4) is 17.1 Å². The van der Waals surface area contributed by atoms with E-state index >= 15 is 0 Å². The molecule has 140 valence electrons. The second kappa shape index (κ2) is 8.42. The van der Waals surface area contributed by atoms with Crippen LogP contribution in [0.5, 0.6) is 0 Å². The third kappa shape index (κ3) is 4.03. The Labute approximate surface area is 166 Å². The van der Waals surface area contributed by atoms with Crippen LogP contribution in [0.4, 0.5) is 4.39 Å². The minimum Gasteiger partial charge on any atom is -0.377 e. The Hall–Kier alpha value is -1.89. The van der Waals surface area contributed by atoms with E-state index in [1.165, 1.54) is 24.2 Å². The van der Waals surface area contributed by atoms with Crippen LogP contribution in [0.3, 0.4) is 0 Å². The van der Waals surface area contributed by atoms with Crippen molar-refractivity contribution in [1.82, 2.24) is 14.8 Å². The summed E-state index contributed by atoms with van der Waals surface area (Å²) in [6, 6.07) is 14.0. The highest BCUT2D eigenvalue weighted by Gasteiger charge is 2.22. The summed E-state index contributed by atoms with van der Waals surface area (Å²) < 4.78 is 22.1. The summed E-state index contributed by atoms with van der Waals surface area (Å²) in [5, 5.41) is 9.84. The van der Waals surface area contributed by atoms with Gasteiger partial charge in [0.25, 0.3) is 0 Å². The van der Waals surface area contributed by atoms with Gasteiger partial charge in [-0.05, 0) is 43.5 Å². The molecule has 2 aromatic carbocycles. The Morgan fingerprint density at radius 1 is 1.11 bits per heavy atom. The zero-order chi connectivity index (χ0) is 18.6. The van der Waals surface area contributed by atoms with E-state index in [1.54, 1.807) is 28.8 Å². The van der Waals surface area contributed by atoms with E-state index in [0.717, 1.165) is 30.8 Å². The molecule has 1 aliphatic rings. The quantitative estimate of drug-likeness (QED) is 0.535. The Balaban J connectivity index is 1.73. The molecule has 0 bridgehead atoms. The van der Waals surface area contributed by atoms with Gasteiger partial charge in [-0.15, -0.1) is 10.2 Å². The number of nitrogens with zero attached hydrogens (tertiary/aromatic N) is 3. The third-order valence-electron chi connectivity index (χ3n) is 4.51. The molecular weight excluding hydrogens is 385 g/mol. The molecule has 0 unspecified atom stereocenters. The van der Waals surface area contributed by atoms with Crippen LogP contribution in [0.15, 0.2) is 53.7 Å². The molecule has 0 radical (unpaired) electrons. The second-order valence-corrected chi connectivity index (χ2v) is 7.77. The minimum atomic E-state index is -0.332. The highest BCUT2D eigenvalue weighted by Crippen LogP contribution is 2.33. The normalized spacial score (nSPS) is 17.2. The number of ether oxygens (including phenoxy) is 1. The van der Waals surface area contributed by atoms with E-state index in [4.69, 9.17) is 16.3 Å². The van der Waals surface area contributed by atoms with Crippen molar-refractivity contribution in [3.63, 3.8) is 0 Å². The molecule has 1 aliphatic heterocycles. The van der Waals surface area contributed by atoms with E-state index in [1.807, 2.05) is 18.2 Å². The van der Waals surface area contributed by atoms with Gasteiger partial charge < -0.3 is 4.74 Å². The van der Waals surface area contributed by atoms with E-state index in [9.17, 15) is 4.39 Å². The van der Waals surface area contributed by atoms with Crippen LogP contribution in [-0.2, 0) is 4.74 Å². The maximum Gasteiger partial charge on any atom is 0.196 e. The van der Waals surface area contributed by atoms with E-state index in [0.29, 0.717) is 21.7 Å². The van der Waals surface area contributed by atoms with Crippen molar-refractivity contribution in [2.45, 2.75) is 30.5 Å². The van der Waals surface area contributed by atoms with Gasteiger partial charge in [-0.2, -0.15) is 0 Å². The fourth-order valence-corrected chi connectivity index (χ4v) is 4.37. The van der Waals surface area contributed by atoms with Crippen molar-refractivity contribution >= 4 is 23.4 Å². The van der Waals surface area contributed by atoms with E-state index < -0.39 is 0 Å². The van der Waals surface area contributed by atoms with Crippen LogP contribution in [0.2, 0.25) is 5.02 Å². The molecule has 0 aliphatic carbocycles. The van der Waals surface area contributed by atoms with Gasteiger partial charge in [-0.3, -0.25) is 4.57 Å². The lowest BCUT2D eigenvalue weighted by atomic mass is 10.1. The molecule has 27 heavy (non-hydrogen) atoms. The number of hydrogen-bond donors (Lipinski definition) is 0. The van der Waals surface area contributed by atoms with Crippen molar-refractivity contribution in [1.29, 1.82) is 0 Å². The highest BCUT2D eigenvalue weighted by atomic mass is 35.5. The van der Waals surface area contributed by atoms with Gasteiger partial charge in [0.2, 0.25) is 0 Å². The van der Waals surface area contributed by atoms with Crippen molar-refractivity contribution in [3.05, 3.63) is 59.4 Å². The molecule has 1 saturated heterocycles. The lowest BCUT2D eigenvalue weighted by Gasteiger charge is -2.22. The zero-order valence-corrected chi connectivity index (χ0v) is 16.2. The molecule has 0 saturated carbocycles. The molecular formula is C20H19ClFN3OS. The summed E-state index contributed by atoms with van der Waals surface area (Å²) in [6.07, 6.45) is 3.52. The summed E-state index contributed by atoms with van der Waals surface area (Å²) in [5.41, 5.74) is 1.13. The third-order valence-corrected chi connectivity index (χ3v) is 5.90. The van der Waals surface area contributed by atoms with Gasteiger partial charge in [-0.1, -0.05) is 47.6 Å². The lowest BCUT2D eigenvalue weighted by molar-refractivity contribution is 0.0315. The van der Waals surface area contributed by atoms with Crippen molar-refractivity contribution in [2.75, 3.05) is 12.4 Å². The molecule has 2 heterocycles. The topological polar surface area (TPSA) is 39.9 Å². The summed E-state index contributed by atoms with van der Waals surface area (Å²) in [5.74, 6) is 0.953. The second-order valence-electron chi connectivity index (χ2n) is 6.37. The first-order valence-corrected chi connectivity index (χ1v) is 10.3. The first-order valence-electron chi connectivity index (χ1n) is 8.93. The van der Waals surface area contributed by atoms with Gasteiger partial charge in [0.1, 0.15) is 5.82 Å². The van der Waals surface area contributed by atoms with Gasteiger partial charge >= 0.3 is 0 Å². The van der Waals surface area contributed by atoms with Gasteiger partial charge in [0.05, 0.1) is 16.8 Å². The van der Waals surface area contributed by atoms with Crippen LogP contribution >= 0.6 is 23.4 Å². The fourth-order valence-electron chi connectivity index (χ4n) is 3.14. The zero-order valence-electron chi connectivity index (χ0n) is 14.6. The Morgan fingerprint density at radius 3 is 2.70 bits per heavy atom. The Kier molecular flexibility index (Phi) is 5.76. The summed E-state index contributed by atoms with van der Waals surface area (Å²) in [6.45, 7) is 0.802. The van der Waals surface area contributed by atoms with Gasteiger partial charge in [0, 0.05) is 17.9 Å². The molecule has 0 N–H and O–H groups in total. The highest BCUT2D eigenvalue weighted by molar-refractivity contribution is 7.99. The number of thioether (sulfide) groups is 1. The first-order chi connectivity index (χ1) is 13.2. The summed E-state index contributed by atoms with van der Waals surface area (Å²) in [7, 11) is 0. The average molecular weight is 404 g/mol. The largest absolute Gasteiger partial charge is 0.377 e. The molecule has 0 spiro atoms. The van der Waals surface area contributed by atoms with Gasteiger partial charge in [0.15, 0.2) is 11.0 Å². The Bertz CT molecular complexity index is 927. The monoisotopic (exact) mass is 403 g/mol. The van der Waals surface area contributed by atoms with E-state index in [2.05, 4.69) is 10.2 Å². The predicted molar refractivity (Wildman–Crippen MR) is 106 cm³/mol. The number of benzene rings is 2. The molecule has 4 nitrogen and oxygen atoms in total. The molecule has 4 rings (SSSR count). The van der Waals surface area contributed by atoms with Crippen molar-refractivity contribution in [2.24, 2.45) is 0 Å². The Morgan fingerprint density at radius 2 is 1.93 bits per heavy atom. The molecule has 7 heteroatoms. The predicted octanol–water partition coefficient (Wildman–Crippen LogP) is 5.39. The molecule has 0 amide bonds. The van der Waals surface area contributed by atoms with Crippen molar-refractivity contribution < 1.29 is 9.13 Å². The number of rotatable bonds is 5. The smallest absolute Gasteiger partial charge is 0.196 e. The number of aromatic nitrogens is 3. The maximum atomic E-state index is 14.6. The number of halogens is 2. The summed E-state index contributed by atoms with van der Waals surface area (Å²) >= 11 is 7.90. The lowest BCUT2D eigenvalue weighted by Crippen LogP contribution is -2.21. The average Bonchev–Trinajstić information content (AvgIpc) is 3.11. The van der Waals surface area contributed by atoms with E-state index in [-0.39, 0.29) is 11.9 Å². The first kappa shape index (κ1) is 18.5. The summed E-state index contributed by atoms with van der Waals surface area (Å²) in [4.78, 5) is 0. The van der Waals surface area contributed by atoms with Crippen LogP contribution in [0.25, 0.3) is 17.1 Å². The van der Waals surface area contributed by atoms with Crippen LogP contribution in [0, 0.1) is 5.82 Å².